The van der Waals surface area contributed by atoms with Crippen LogP contribution in [0.3, 0.4) is 0 Å². The summed E-state index contributed by atoms with van der Waals surface area (Å²) in [6, 6.07) is 28.3. The van der Waals surface area contributed by atoms with Crippen LogP contribution >= 0.6 is 11.8 Å². The van der Waals surface area contributed by atoms with Crippen molar-refractivity contribution in [2.24, 2.45) is 0 Å². The monoisotopic (exact) mass is 535 g/mol. The van der Waals surface area contributed by atoms with E-state index in [9.17, 15) is 14.7 Å². The first-order valence-corrected chi connectivity index (χ1v) is 14.8. The Morgan fingerprint density at radius 3 is 2.38 bits per heavy atom. The van der Waals surface area contributed by atoms with Crippen LogP contribution < -0.4 is 5.32 Å². The Morgan fingerprint density at radius 2 is 1.62 bits per heavy atom. The summed E-state index contributed by atoms with van der Waals surface area (Å²) in [6.45, 7) is 2.03. The Balaban J connectivity index is 1.44. The van der Waals surface area contributed by atoms with Gasteiger partial charge in [0.2, 0.25) is 0 Å². The molecule has 198 valence electrons. The minimum Gasteiger partial charge on any atom is -0.480 e. The predicted octanol–water partition coefficient (Wildman–Crippen LogP) is 6.95. The molecule has 0 aromatic heterocycles. The lowest BCUT2D eigenvalue weighted by molar-refractivity contribution is -0.139. The van der Waals surface area contributed by atoms with Gasteiger partial charge in [0.15, 0.2) is 0 Å². The number of amides is 1. The summed E-state index contributed by atoms with van der Waals surface area (Å²) in [5.74, 6) is -0.705. The summed E-state index contributed by atoms with van der Waals surface area (Å²) < 4.78 is 0. The molecule has 0 bridgehead atoms. The lowest BCUT2D eigenvalue weighted by Gasteiger charge is -2.18. The number of carbonyl (C=O) groups excluding carboxylic acids is 1. The molecule has 1 atom stereocenters. The summed E-state index contributed by atoms with van der Waals surface area (Å²) in [7, 11) is 0. The molecule has 2 N–H and O–H groups in total. The Kier molecular flexibility index (Phi) is 8.18. The summed E-state index contributed by atoms with van der Waals surface area (Å²) in [5, 5.41) is 12.4. The second-order valence-corrected chi connectivity index (χ2v) is 11.1. The highest BCUT2D eigenvalue weighted by molar-refractivity contribution is 7.98. The van der Waals surface area contributed by atoms with Crippen molar-refractivity contribution in [3.05, 3.63) is 118 Å². The number of aliphatic carboxylic acids is 1. The van der Waals surface area contributed by atoms with Crippen LogP contribution in [0.4, 0.5) is 0 Å². The van der Waals surface area contributed by atoms with Gasteiger partial charge in [0.25, 0.3) is 5.91 Å². The zero-order valence-corrected chi connectivity index (χ0v) is 23.2. The van der Waals surface area contributed by atoms with Gasteiger partial charge in [0, 0.05) is 5.56 Å². The fraction of sp³-hybridized carbons (Fsp3) is 0.235. The third kappa shape index (κ3) is 5.79. The van der Waals surface area contributed by atoms with E-state index in [1.54, 1.807) is 11.8 Å². The molecule has 1 amide bonds. The molecule has 4 aromatic rings. The van der Waals surface area contributed by atoms with Crippen molar-refractivity contribution in [1.29, 1.82) is 0 Å². The molecule has 1 aliphatic carbocycles. The molecule has 0 fully saturated rings. The Hall–Kier alpha value is -3.83. The SMILES string of the molecule is CSCC[C@H](NC(=O)c1ccc(CCc2cccc3c2-c2ccccc2C3)cc1-c1ccccc1C)C(=O)O. The molecule has 1 aliphatic rings. The quantitative estimate of drug-likeness (QED) is 0.203. The number of hydrogen-bond acceptors (Lipinski definition) is 3. The standard InChI is InChI=1S/C34H33NO3S/c1-22-8-3-5-12-27(22)30-20-23(15-17-29(30)33(36)35-31(34(37)38)18-19-39-2)14-16-24-10-7-11-26-21-25-9-4-6-13-28(25)32(24)26/h3-13,15,17,20,31H,14,16,18-19,21H2,1-2H3,(H,35,36)(H,37,38)/t31-/m0/s1. The second kappa shape index (κ2) is 11.9. The van der Waals surface area contributed by atoms with Gasteiger partial charge in [-0.15, -0.1) is 0 Å². The average molecular weight is 536 g/mol. The highest BCUT2D eigenvalue weighted by Crippen LogP contribution is 2.39. The maximum absolute atomic E-state index is 13.4. The Morgan fingerprint density at radius 1 is 0.872 bits per heavy atom. The Labute approximate surface area is 234 Å². The molecule has 4 nitrogen and oxygen atoms in total. The maximum atomic E-state index is 13.4. The number of hydrogen-bond donors (Lipinski definition) is 2. The fourth-order valence-electron chi connectivity index (χ4n) is 5.53. The van der Waals surface area contributed by atoms with Gasteiger partial charge < -0.3 is 10.4 Å². The first kappa shape index (κ1) is 26.8. The zero-order chi connectivity index (χ0) is 27.4. The van der Waals surface area contributed by atoms with E-state index in [1.165, 1.54) is 27.8 Å². The van der Waals surface area contributed by atoms with E-state index < -0.39 is 12.0 Å². The van der Waals surface area contributed by atoms with Crippen LogP contribution in [-0.4, -0.2) is 35.0 Å². The first-order chi connectivity index (χ1) is 19.0. The van der Waals surface area contributed by atoms with Gasteiger partial charge >= 0.3 is 5.97 Å². The van der Waals surface area contributed by atoms with Gasteiger partial charge in [-0.25, -0.2) is 4.79 Å². The summed E-state index contributed by atoms with van der Waals surface area (Å²) in [5.41, 5.74) is 11.3. The second-order valence-electron chi connectivity index (χ2n) is 10.1. The molecular formula is C34H33NO3S. The zero-order valence-electron chi connectivity index (χ0n) is 22.4. The number of carboxylic acid groups (broad SMARTS) is 1. The fourth-order valence-corrected chi connectivity index (χ4v) is 6.00. The van der Waals surface area contributed by atoms with Crippen molar-refractivity contribution in [1.82, 2.24) is 5.32 Å². The molecule has 4 aromatic carbocycles. The number of thioether (sulfide) groups is 1. The Bertz CT molecular complexity index is 1530. The maximum Gasteiger partial charge on any atom is 0.326 e. The van der Waals surface area contributed by atoms with E-state index in [1.807, 2.05) is 49.6 Å². The van der Waals surface area contributed by atoms with Gasteiger partial charge in [-0.1, -0.05) is 78.9 Å². The van der Waals surface area contributed by atoms with Gasteiger partial charge in [-0.3, -0.25) is 4.79 Å². The third-order valence-electron chi connectivity index (χ3n) is 7.57. The van der Waals surface area contributed by atoms with E-state index in [2.05, 4.69) is 53.8 Å². The van der Waals surface area contributed by atoms with E-state index >= 15 is 0 Å². The minimum atomic E-state index is -1.01. The van der Waals surface area contributed by atoms with Crippen molar-refractivity contribution in [2.75, 3.05) is 12.0 Å². The van der Waals surface area contributed by atoms with E-state index in [-0.39, 0.29) is 5.91 Å². The van der Waals surface area contributed by atoms with Crippen molar-refractivity contribution < 1.29 is 14.7 Å². The summed E-state index contributed by atoms with van der Waals surface area (Å²) in [6.07, 6.45) is 5.02. The molecule has 0 spiro atoms. The van der Waals surface area contributed by atoms with Crippen molar-refractivity contribution in [3.8, 4) is 22.3 Å². The normalized spacial score (nSPS) is 12.5. The third-order valence-corrected chi connectivity index (χ3v) is 8.21. The molecule has 5 rings (SSSR count). The number of benzene rings is 4. The van der Waals surface area contributed by atoms with E-state index in [4.69, 9.17) is 0 Å². The van der Waals surface area contributed by atoms with Crippen LogP contribution in [0.15, 0.2) is 84.9 Å². The number of carbonyl (C=O) groups is 2. The minimum absolute atomic E-state index is 0.356. The van der Waals surface area contributed by atoms with Crippen molar-refractivity contribution in [3.63, 3.8) is 0 Å². The molecule has 0 unspecified atom stereocenters. The lowest BCUT2D eigenvalue weighted by Crippen LogP contribution is -2.41. The molecule has 5 heteroatoms. The smallest absolute Gasteiger partial charge is 0.326 e. The van der Waals surface area contributed by atoms with Gasteiger partial charge in [0.1, 0.15) is 6.04 Å². The molecule has 0 aliphatic heterocycles. The first-order valence-electron chi connectivity index (χ1n) is 13.4. The number of rotatable bonds is 10. The number of fused-ring (bicyclic) bond motifs is 3. The van der Waals surface area contributed by atoms with Crippen molar-refractivity contribution in [2.45, 2.75) is 38.6 Å². The highest BCUT2D eigenvalue weighted by Gasteiger charge is 2.23. The van der Waals surface area contributed by atoms with Crippen LogP contribution in [0, 0.1) is 6.92 Å². The number of nitrogens with one attached hydrogen (secondary N) is 1. The number of carboxylic acids is 1. The van der Waals surface area contributed by atoms with Crippen LogP contribution in [-0.2, 0) is 24.1 Å². The van der Waals surface area contributed by atoms with Crippen LogP contribution in [0.25, 0.3) is 22.3 Å². The van der Waals surface area contributed by atoms with Crippen molar-refractivity contribution >= 4 is 23.6 Å². The molecule has 0 saturated heterocycles. The topological polar surface area (TPSA) is 66.4 Å². The van der Waals surface area contributed by atoms with Crippen LogP contribution in [0.5, 0.6) is 0 Å². The lowest BCUT2D eigenvalue weighted by atomic mass is 9.91. The van der Waals surface area contributed by atoms with Gasteiger partial charge in [0.05, 0.1) is 0 Å². The molecule has 0 radical (unpaired) electrons. The van der Waals surface area contributed by atoms with Gasteiger partial charge in [-0.05, 0) is 101 Å². The molecular weight excluding hydrogens is 502 g/mol. The van der Waals surface area contributed by atoms with Crippen LogP contribution in [0.2, 0.25) is 0 Å². The molecule has 39 heavy (non-hydrogen) atoms. The number of aryl methyl sites for hydroxylation is 3. The molecule has 0 heterocycles. The predicted molar refractivity (Wildman–Crippen MR) is 161 cm³/mol. The van der Waals surface area contributed by atoms with E-state index in [0.717, 1.165) is 41.5 Å². The summed E-state index contributed by atoms with van der Waals surface area (Å²) >= 11 is 1.57. The average Bonchev–Trinajstić information content (AvgIpc) is 3.33. The van der Waals surface area contributed by atoms with Crippen LogP contribution in [0.1, 0.15) is 44.6 Å². The van der Waals surface area contributed by atoms with Gasteiger partial charge in [-0.2, -0.15) is 11.8 Å². The molecule has 0 saturated carbocycles. The largest absolute Gasteiger partial charge is 0.480 e. The van der Waals surface area contributed by atoms with E-state index in [0.29, 0.717) is 17.7 Å². The highest BCUT2D eigenvalue weighted by atomic mass is 32.2. The summed E-state index contributed by atoms with van der Waals surface area (Å²) in [4.78, 5) is 25.2.